The van der Waals surface area contributed by atoms with Crippen LogP contribution in [0.4, 0.5) is 5.69 Å². The van der Waals surface area contributed by atoms with Crippen LogP contribution in [0.2, 0.25) is 5.02 Å². The van der Waals surface area contributed by atoms with Gasteiger partial charge >= 0.3 is 0 Å². The van der Waals surface area contributed by atoms with E-state index in [1.165, 1.54) is 17.5 Å². The van der Waals surface area contributed by atoms with E-state index in [2.05, 4.69) is 10.4 Å². The first-order chi connectivity index (χ1) is 9.70. The monoisotopic (exact) mass is 297 g/mol. The van der Waals surface area contributed by atoms with E-state index >= 15 is 0 Å². The van der Waals surface area contributed by atoms with E-state index < -0.39 is 0 Å². The number of nitrogens with one attached hydrogen (secondary N) is 1. The van der Waals surface area contributed by atoms with Crippen LogP contribution in [0, 0.1) is 5.92 Å². The fourth-order valence-corrected chi connectivity index (χ4v) is 2.99. The van der Waals surface area contributed by atoms with Crippen molar-refractivity contribution in [3.8, 4) is 0 Å². The fourth-order valence-electron chi connectivity index (χ4n) is 2.79. The highest BCUT2D eigenvalue weighted by molar-refractivity contribution is 6.32. The molecule has 0 aromatic carbocycles. The number of anilines is 1. The van der Waals surface area contributed by atoms with Gasteiger partial charge in [-0.25, -0.2) is 4.68 Å². The highest BCUT2D eigenvalue weighted by atomic mass is 35.5. The third-order valence-corrected chi connectivity index (χ3v) is 4.35. The van der Waals surface area contributed by atoms with Crippen LogP contribution in [0.25, 0.3) is 0 Å². The summed E-state index contributed by atoms with van der Waals surface area (Å²) in [4.78, 5) is 12.1. The van der Waals surface area contributed by atoms with Gasteiger partial charge in [0.15, 0.2) is 0 Å². The van der Waals surface area contributed by atoms with Crippen LogP contribution >= 0.6 is 11.6 Å². The van der Waals surface area contributed by atoms with Crippen molar-refractivity contribution in [2.24, 2.45) is 5.92 Å². The Balaban J connectivity index is 1.77. The molecule has 2 atom stereocenters. The van der Waals surface area contributed by atoms with Gasteiger partial charge in [0.2, 0.25) is 0 Å². The maximum atomic E-state index is 12.1. The lowest BCUT2D eigenvalue weighted by Gasteiger charge is -2.21. The minimum absolute atomic E-state index is 0.222. The summed E-state index contributed by atoms with van der Waals surface area (Å²) in [5.41, 5.74) is 0.408. The summed E-state index contributed by atoms with van der Waals surface area (Å²) in [6, 6.07) is 0.239. The summed E-state index contributed by atoms with van der Waals surface area (Å²) in [7, 11) is 0. The SMILES string of the molecule is CCCn1ncc(NC2CCOC2C2CC2)c(Cl)c1=O. The zero-order valence-corrected chi connectivity index (χ0v) is 12.4. The number of ether oxygens (including phenoxy) is 1. The molecule has 2 unspecified atom stereocenters. The maximum Gasteiger partial charge on any atom is 0.287 e. The van der Waals surface area contributed by atoms with Gasteiger partial charge in [-0.05, 0) is 31.6 Å². The van der Waals surface area contributed by atoms with Crippen LogP contribution in [0.15, 0.2) is 11.0 Å². The highest BCUT2D eigenvalue weighted by Gasteiger charge is 2.40. The lowest BCUT2D eigenvalue weighted by molar-refractivity contribution is 0.0898. The topological polar surface area (TPSA) is 56.1 Å². The smallest absolute Gasteiger partial charge is 0.287 e. The Morgan fingerprint density at radius 3 is 3.00 bits per heavy atom. The van der Waals surface area contributed by atoms with Crippen LogP contribution in [-0.4, -0.2) is 28.5 Å². The van der Waals surface area contributed by atoms with Crippen LogP contribution in [-0.2, 0) is 11.3 Å². The van der Waals surface area contributed by atoms with Gasteiger partial charge in [-0.2, -0.15) is 5.10 Å². The van der Waals surface area contributed by atoms with E-state index in [-0.39, 0.29) is 22.7 Å². The summed E-state index contributed by atoms with van der Waals surface area (Å²) in [6.45, 7) is 3.37. The van der Waals surface area contributed by atoms with Gasteiger partial charge < -0.3 is 10.1 Å². The molecule has 5 nitrogen and oxygen atoms in total. The molecule has 1 aliphatic heterocycles. The molecule has 110 valence electrons. The first kappa shape index (κ1) is 13.9. The molecule has 0 bridgehead atoms. The predicted molar refractivity (Wildman–Crippen MR) is 78.3 cm³/mol. The zero-order chi connectivity index (χ0) is 14.1. The minimum Gasteiger partial charge on any atom is -0.377 e. The number of aromatic nitrogens is 2. The summed E-state index contributed by atoms with van der Waals surface area (Å²) in [6.07, 6.45) is 6.21. The normalized spacial score (nSPS) is 25.9. The van der Waals surface area contributed by atoms with Gasteiger partial charge in [0.25, 0.3) is 5.56 Å². The van der Waals surface area contributed by atoms with Crippen molar-refractivity contribution in [3.63, 3.8) is 0 Å². The Labute approximate surface area is 123 Å². The average Bonchev–Trinajstić information content (AvgIpc) is 3.19. The molecule has 0 spiro atoms. The molecule has 0 radical (unpaired) electrons. The Kier molecular flexibility index (Phi) is 3.98. The van der Waals surface area contributed by atoms with Crippen LogP contribution in [0.5, 0.6) is 0 Å². The minimum atomic E-state index is -0.222. The maximum absolute atomic E-state index is 12.1. The van der Waals surface area contributed by atoms with Crippen molar-refractivity contribution >= 4 is 17.3 Å². The second kappa shape index (κ2) is 5.74. The van der Waals surface area contributed by atoms with Crippen molar-refractivity contribution in [3.05, 3.63) is 21.6 Å². The zero-order valence-electron chi connectivity index (χ0n) is 11.6. The first-order valence-electron chi connectivity index (χ1n) is 7.34. The fraction of sp³-hybridized carbons (Fsp3) is 0.714. The lowest BCUT2D eigenvalue weighted by atomic mass is 10.1. The van der Waals surface area contributed by atoms with Gasteiger partial charge in [-0.3, -0.25) is 4.79 Å². The molecule has 1 N–H and O–H groups in total. The second-order valence-corrected chi connectivity index (χ2v) is 5.99. The molecular weight excluding hydrogens is 278 g/mol. The molecular formula is C14H20ClN3O2. The average molecular weight is 298 g/mol. The van der Waals surface area contributed by atoms with Crippen molar-refractivity contribution in [1.29, 1.82) is 0 Å². The van der Waals surface area contributed by atoms with E-state index in [1.54, 1.807) is 6.20 Å². The summed E-state index contributed by atoms with van der Waals surface area (Å²) < 4.78 is 7.20. The summed E-state index contributed by atoms with van der Waals surface area (Å²) >= 11 is 6.18. The molecule has 20 heavy (non-hydrogen) atoms. The van der Waals surface area contributed by atoms with Crippen molar-refractivity contribution < 1.29 is 4.74 Å². The van der Waals surface area contributed by atoms with Crippen molar-refractivity contribution in [2.75, 3.05) is 11.9 Å². The predicted octanol–water partition coefficient (Wildman–Crippen LogP) is 2.29. The molecule has 1 saturated heterocycles. The molecule has 1 aromatic rings. The Morgan fingerprint density at radius 2 is 2.30 bits per heavy atom. The highest BCUT2D eigenvalue weighted by Crippen LogP contribution is 2.39. The Hall–Kier alpha value is -1.07. The lowest BCUT2D eigenvalue weighted by Crippen LogP contribution is -2.32. The summed E-state index contributed by atoms with van der Waals surface area (Å²) in [5.74, 6) is 0.669. The first-order valence-corrected chi connectivity index (χ1v) is 7.72. The van der Waals surface area contributed by atoms with Gasteiger partial charge in [0.05, 0.1) is 24.0 Å². The number of halogens is 1. The number of aryl methyl sites for hydroxylation is 1. The second-order valence-electron chi connectivity index (χ2n) is 5.61. The van der Waals surface area contributed by atoms with Gasteiger partial charge in [0.1, 0.15) is 5.02 Å². The van der Waals surface area contributed by atoms with Crippen LogP contribution < -0.4 is 10.9 Å². The van der Waals surface area contributed by atoms with Crippen molar-refractivity contribution in [1.82, 2.24) is 9.78 Å². The molecule has 1 saturated carbocycles. The quantitative estimate of drug-likeness (QED) is 0.906. The Morgan fingerprint density at radius 1 is 1.50 bits per heavy atom. The third-order valence-electron chi connectivity index (χ3n) is 3.98. The van der Waals surface area contributed by atoms with Crippen molar-refractivity contribution in [2.45, 2.75) is 51.3 Å². The number of rotatable bonds is 5. The molecule has 6 heteroatoms. The van der Waals surface area contributed by atoms with E-state index in [4.69, 9.17) is 16.3 Å². The molecule has 2 aliphatic rings. The molecule has 0 amide bonds. The molecule has 1 aliphatic carbocycles. The third kappa shape index (κ3) is 2.69. The van der Waals surface area contributed by atoms with Gasteiger partial charge in [-0.15, -0.1) is 0 Å². The van der Waals surface area contributed by atoms with Crippen LogP contribution in [0.3, 0.4) is 0 Å². The number of nitrogens with zero attached hydrogens (tertiary/aromatic N) is 2. The molecule has 3 rings (SSSR count). The Bertz CT molecular complexity index is 542. The van der Waals surface area contributed by atoms with E-state index in [9.17, 15) is 4.79 Å². The van der Waals surface area contributed by atoms with Gasteiger partial charge in [-0.1, -0.05) is 18.5 Å². The molecule has 2 heterocycles. The standard InChI is InChI=1S/C14H20ClN3O2/c1-2-6-18-14(19)12(15)11(8-16-18)17-10-5-7-20-13(10)9-3-4-9/h8-10,13,17H,2-7H2,1H3. The number of hydrogen-bond acceptors (Lipinski definition) is 4. The van der Waals surface area contributed by atoms with Crippen LogP contribution in [0.1, 0.15) is 32.6 Å². The largest absolute Gasteiger partial charge is 0.377 e. The van der Waals surface area contributed by atoms with E-state index in [0.29, 0.717) is 18.2 Å². The molecule has 2 fully saturated rings. The number of hydrogen-bond donors (Lipinski definition) is 1. The van der Waals surface area contributed by atoms with Gasteiger partial charge in [0, 0.05) is 13.2 Å². The molecule has 1 aromatic heterocycles. The summed E-state index contributed by atoms with van der Waals surface area (Å²) in [5, 5.41) is 7.76. The van der Waals surface area contributed by atoms with E-state index in [1.807, 2.05) is 6.92 Å². The van der Waals surface area contributed by atoms with E-state index in [0.717, 1.165) is 19.4 Å².